The smallest absolute Gasteiger partial charge is 0.120 e. The summed E-state index contributed by atoms with van der Waals surface area (Å²) >= 11 is 0. The Labute approximate surface area is 110 Å². The summed E-state index contributed by atoms with van der Waals surface area (Å²) in [5.41, 5.74) is 2.21. The fourth-order valence-corrected chi connectivity index (χ4v) is 1.69. The lowest BCUT2D eigenvalue weighted by Gasteiger charge is -2.22. The molecule has 0 amide bonds. The van der Waals surface area contributed by atoms with E-state index < -0.39 is 0 Å². The SMILES string of the molecule is COCCCNc1ccc(OC(C)(C)C)cc1C. The summed E-state index contributed by atoms with van der Waals surface area (Å²) in [5.74, 6) is 0.919. The van der Waals surface area contributed by atoms with Crippen molar-refractivity contribution in [3.05, 3.63) is 23.8 Å². The summed E-state index contributed by atoms with van der Waals surface area (Å²) in [6.07, 6.45) is 1.01. The quantitative estimate of drug-likeness (QED) is 0.783. The van der Waals surface area contributed by atoms with E-state index in [1.54, 1.807) is 7.11 Å². The first-order valence-electron chi connectivity index (χ1n) is 6.45. The largest absolute Gasteiger partial charge is 0.488 e. The van der Waals surface area contributed by atoms with Gasteiger partial charge in [0.2, 0.25) is 0 Å². The van der Waals surface area contributed by atoms with E-state index in [1.165, 1.54) is 5.56 Å². The highest BCUT2D eigenvalue weighted by atomic mass is 16.5. The van der Waals surface area contributed by atoms with Crippen molar-refractivity contribution in [2.75, 3.05) is 25.6 Å². The van der Waals surface area contributed by atoms with E-state index in [2.05, 4.69) is 45.1 Å². The second-order valence-corrected chi connectivity index (χ2v) is 5.46. The number of hydrogen-bond acceptors (Lipinski definition) is 3. The van der Waals surface area contributed by atoms with Crippen LogP contribution in [0.25, 0.3) is 0 Å². The molecule has 0 aromatic heterocycles. The first-order chi connectivity index (χ1) is 8.42. The van der Waals surface area contributed by atoms with Crippen molar-refractivity contribution < 1.29 is 9.47 Å². The average Bonchev–Trinajstić information content (AvgIpc) is 2.24. The number of nitrogens with one attached hydrogen (secondary N) is 1. The second kappa shape index (κ2) is 6.64. The summed E-state index contributed by atoms with van der Waals surface area (Å²) in [6.45, 7) is 9.97. The maximum atomic E-state index is 5.83. The fraction of sp³-hybridized carbons (Fsp3) is 0.600. The first-order valence-corrected chi connectivity index (χ1v) is 6.45. The minimum absolute atomic E-state index is 0.153. The molecule has 1 aromatic carbocycles. The van der Waals surface area contributed by atoms with Crippen LogP contribution in [0, 0.1) is 6.92 Å². The normalized spacial score (nSPS) is 11.4. The van der Waals surface area contributed by atoms with Crippen LogP contribution in [0.3, 0.4) is 0 Å². The maximum absolute atomic E-state index is 5.83. The van der Waals surface area contributed by atoms with Gasteiger partial charge in [-0.3, -0.25) is 0 Å². The maximum Gasteiger partial charge on any atom is 0.120 e. The van der Waals surface area contributed by atoms with Gasteiger partial charge in [0.1, 0.15) is 11.4 Å². The van der Waals surface area contributed by atoms with E-state index in [9.17, 15) is 0 Å². The Morgan fingerprint density at radius 2 is 1.94 bits per heavy atom. The summed E-state index contributed by atoms with van der Waals surface area (Å²) in [7, 11) is 1.73. The molecule has 3 heteroatoms. The molecule has 102 valence electrons. The predicted octanol–water partition coefficient (Wildman–Crippen LogP) is 3.62. The van der Waals surface area contributed by atoms with Gasteiger partial charge >= 0.3 is 0 Å². The minimum atomic E-state index is -0.153. The van der Waals surface area contributed by atoms with Crippen LogP contribution in [0.15, 0.2) is 18.2 Å². The molecule has 0 saturated heterocycles. The Balaban J connectivity index is 2.57. The Morgan fingerprint density at radius 3 is 2.50 bits per heavy atom. The third-order valence-electron chi connectivity index (χ3n) is 2.46. The lowest BCUT2D eigenvalue weighted by molar-refractivity contribution is 0.131. The molecule has 0 aliphatic rings. The molecule has 0 spiro atoms. The molecule has 0 aliphatic carbocycles. The Kier molecular flexibility index (Phi) is 5.48. The van der Waals surface area contributed by atoms with E-state index >= 15 is 0 Å². The van der Waals surface area contributed by atoms with Gasteiger partial charge in [-0.25, -0.2) is 0 Å². The Hall–Kier alpha value is -1.22. The first kappa shape index (κ1) is 14.8. The molecule has 0 saturated carbocycles. The molecule has 1 N–H and O–H groups in total. The van der Waals surface area contributed by atoms with Crippen molar-refractivity contribution in [3.63, 3.8) is 0 Å². The highest BCUT2D eigenvalue weighted by Crippen LogP contribution is 2.24. The van der Waals surface area contributed by atoms with Gasteiger partial charge in [0.05, 0.1) is 0 Å². The zero-order valence-electron chi connectivity index (χ0n) is 12.2. The van der Waals surface area contributed by atoms with Crippen LogP contribution in [0.2, 0.25) is 0 Å². The molecule has 3 nitrogen and oxygen atoms in total. The zero-order chi connectivity index (χ0) is 13.6. The molecule has 1 rings (SSSR count). The van der Waals surface area contributed by atoms with E-state index in [0.29, 0.717) is 0 Å². The van der Waals surface area contributed by atoms with Gasteiger partial charge in [-0.05, 0) is 57.9 Å². The molecule has 0 atom stereocenters. The number of rotatable bonds is 6. The summed E-state index contributed by atoms with van der Waals surface area (Å²) in [5, 5.41) is 3.40. The van der Waals surface area contributed by atoms with Gasteiger partial charge in [-0.1, -0.05) is 0 Å². The highest BCUT2D eigenvalue weighted by molar-refractivity contribution is 5.53. The lowest BCUT2D eigenvalue weighted by atomic mass is 10.1. The molecule has 0 aliphatic heterocycles. The third kappa shape index (κ3) is 5.41. The molecule has 0 heterocycles. The Morgan fingerprint density at radius 1 is 1.22 bits per heavy atom. The van der Waals surface area contributed by atoms with Crippen LogP contribution >= 0.6 is 0 Å². The number of benzene rings is 1. The number of ether oxygens (including phenoxy) is 2. The summed E-state index contributed by atoms with van der Waals surface area (Å²) in [4.78, 5) is 0. The van der Waals surface area contributed by atoms with Gasteiger partial charge < -0.3 is 14.8 Å². The second-order valence-electron chi connectivity index (χ2n) is 5.46. The van der Waals surface area contributed by atoms with E-state index in [-0.39, 0.29) is 5.60 Å². The van der Waals surface area contributed by atoms with E-state index in [1.807, 2.05) is 6.07 Å². The van der Waals surface area contributed by atoms with Gasteiger partial charge in [-0.2, -0.15) is 0 Å². The van der Waals surface area contributed by atoms with Gasteiger partial charge in [0.25, 0.3) is 0 Å². The molecule has 18 heavy (non-hydrogen) atoms. The van der Waals surface area contributed by atoms with Crippen LogP contribution < -0.4 is 10.1 Å². The monoisotopic (exact) mass is 251 g/mol. The van der Waals surface area contributed by atoms with Crippen LogP contribution in [0.5, 0.6) is 5.75 Å². The molecule has 0 radical (unpaired) electrons. The molecule has 1 aromatic rings. The van der Waals surface area contributed by atoms with Crippen molar-refractivity contribution in [3.8, 4) is 5.75 Å². The number of hydrogen-bond donors (Lipinski definition) is 1. The van der Waals surface area contributed by atoms with Crippen molar-refractivity contribution in [2.24, 2.45) is 0 Å². The zero-order valence-corrected chi connectivity index (χ0v) is 12.2. The predicted molar refractivity (Wildman–Crippen MR) is 76.5 cm³/mol. The van der Waals surface area contributed by atoms with Crippen molar-refractivity contribution >= 4 is 5.69 Å². The standard InChI is InChI=1S/C15H25NO2/c1-12-11-13(18-15(2,3)4)7-8-14(12)16-9-6-10-17-5/h7-8,11,16H,6,9-10H2,1-5H3. The summed E-state index contributed by atoms with van der Waals surface area (Å²) in [6, 6.07) is 6.16. The van der Waals surface area contributed by atoms with Crippen molar-refractivity contribution in [1.82, 2.24) is 0 Å². The fourth-order valence-electron chi connectivity index (χ4n) is 1.69. The molecular weight excluding hydrogens is 226 g/mol. The molecule has 0 fully saturated rings. The Bertz CT molecular complexity index is 369. The van der Waals surface area contributed by atoms with Gasteiger partial charge in [0.15, 0.2) is 0 Å². The van der Waals surface area contributed by atoms with Crippen LogP contribution in [0.1, 0.15) is 32.8 Å². The van der Waals surface area contributed by atoms with E-state index in [0.717, 1.165) is 31.0 Å². The van der Waals surface area contributed by atoms with Gasteiger partial charge in [0, 0.05) is 25.9 Å². The molecule has 0 bridgehead atoms. The highest BCUT2D eigenvalue weighted by Gasteiger charge is 2.12. The van der Waals surface area contributed by atoms with Crippen molar-refractivity contribution in [1.29, 1.82) is 0 Å². The third-order valence-corrected chi connectivity index (χ3v) is 2.46. The molecule has 0 unspecified atom stereocenters. The lowest BCUT2D eigenvalue weighted by Crippen LogP contribution is -2.23. The minimum Gasteiger partial charge on any atom is -0.488 e. The summed E-state index contributed by atoms with van der Waals surface area (Å²) < 4.78 is 10.9. The van der Waals surface area contributed by atoms with Gasteiger partial charge in [-0.15, -0.1) is 0 Å². The molecular formula is C15H25NO2. The number of aryl methyl sites for hydroxylation is 1. The topological polar surface area (TPSA) is 30.5 Å². The average molecular weight is 251 g/mol. The van der Waals surface area contributed by atoms with E-state index in [4.69, 9.17) is 9.47 Å². The number of anilines is 1. The van der Waals surface area contributed by atoms with Crippen molar-refractivity contribution in [2.45, 2.75) is 39.7 Å². The number of methoxy groups -OCH3 is 1. The van der Waals surface area contributed by atoms with Crippen LogP contribution in [0.4, 0.5) is 5.69 Å². The van der Waals surface area contributed by atoms with Crippen LogP contribution in [-0.4, -0.2) is 25.9 Å². The van der Waals surface area contributed by atoms with Crippen LogP contribution in [-0.2, 0) is 4.74 Å².